The first kappa shape index (κ1) is 16.6. The Hall–Kier alpha value is -1.75. The second-order valence-electron chi connectivity index (χ2n) is 4.20. The molecule has 0 amide bonds. The molecule has 4 nitrogen and oxygen atoms in total. The van der Waals surface area contributed by atoms with Gasteiger partial charge in [0.1, 0.15) is 5.40 Å². The molecule has 2 rings (SSSR count). The second kappa shape index (κ2) is 7.49. The molecule has 0 fully saturated rings. The van der Waals surface area contributed by atoms with E-state index in [2.05, 4.69) is 20.7 Å². The molecule has 112 valence electrons. The van der Waals surface area contributed by atoms with Crippen molar-refractivity contribution in [2.45, 2.75) is 4.90 Å². The Kier molecular flexibility index (Phi) is 5.66. The summed E-state index contributed by atoms with van der Waals surface area (Å²) in [5.74, 6) is 0. The number of nitrogens with one attached hydrogen (secondary N) is 1. The van der Waals surface area contributed by atoms with Crippen molar-refractivity contribution in [3.63, 3.8) is 0 Å². The zero-order chi connectivity index (χ0) is 16.0. The minimum Gasteiger partial charge on any atom is -0.279 e. The van der Waals surface area contributed by atoms with Gasteiger partial charge in [-0.2, -0.15) is 5.26 Å². The van der Waals surface area contributed by atoms with Gasteiger partial charge in [-0.05, 0) is 57.5 Å². The lowest BCUT2D eigenvalue weighted by Gasteiger charge is -2.07. The number of benzene rings is 2. The van der Waals surface area contributed by atoms with Crippen molar-refractivity contribution in [1.82, 2.24) is 0 Å². The molecule has 0 aliphatic carbocycles. The van der Waals surface area contributed by atoms with Crippen LogP contribution in [0.25, 0.3) is 6.08 Å². The van der Waals surface area contributed by atoms with Crippen molar-refractivity contribution >= 4 is 49.5 Å². The maximum absolute atomic E-state index is 12.1. The highest BCUT2D eigenvalue weighted by Crippen LogP contribution is 2.29. The Balaban J connectivity index is 2.15. The highest BCUT2D eigenvalue weighted by molar-refractivity contribution is 9.10. The van der Waals surface area contributed by atoms with Crippen molar-refractivity contribution in [2.75, 3.05) is 4.72 Å². The Morgan fingerprint density at radius 2 is 1.91 bits per heavy atom. The largest absolute Gasteiger partial charge is 0.279 e. The number of nitrogens with zero attached hydrogens (tertiary/aromatic N) is 1. The number of hydrogen-bond donors (Lipinski definition) is 1. The lowest BCUT2D eigenvalue weighted by molar-refractivity contribution is 0.609. The van der Waals surface area contributed by atoms with Gasteiger partial charge in [-0.3, -0.25) is 4.72 Å². The molecule has 0 heterocycles. The van der Waals surface area contributed by atoms with Crippen molar-refractivity contribution in [3.05, 3.63) is 64.0 Å². The number of anilines is 1. The molecule has 0 radical (unpaired) electrons. The van der Waals surface area contributed by atoms with Crippen LogP contribution in [-0.2, 0) is 10.0 Å². The van der Waals surface area contributed by atoms with Crippen LogP contribution in [0.4, 0.5) is 5.69 Å². The van der Waals surface area contributed by atoms with Gasteiger partial charge >= 0.3 is 0 Å². The van der Waals surface area contributed by atoms with E-state index in [1.807, 2.05) is 35.7 Å². The smallest absolute Gasteiger partial charge is 0.255 e. The molecule has 0 bridgehead atoms. The number of halogens is 1. The monoisotopic (exact) mass is 394 g/mol. The van der Waals surface area contributed by atoms with Gasteiger partial charge in [0.15, 0.2) is 0 Å². The number of hydrogen-bond acceptors (Lipinski definition) is 4. The number of sulfonamides is 1. The average molecular weight is 395 g/mol. The summed E-state index contributed by atoms with van der Waals surface area (Å²) >= 11 is 4.30. The van der Waals surface area contributed by atoms with Crippen molar-refractivity contribution in [2.24, 2.45) is 0 Å². The summed E-state index contributed by atoms with van der Waals surface area (Å²) in [4.78, 5) is 0.733. The van der Waals surface area contributed by atoms with Crippen LogP contribution < -0.4 is 4.72 Å². The fraction of sp³-hybridized carbons (Fsp3) is 0. The normalized spacial score (nSPS) is 11.3. The summed E-state index contributed by atoms with van der Waals surface area (Å²) in [6.07, 6.45) is 1.52. The van der Waals surface area contributed by atoms with Crippen LogP contribution in [0.1, 0.15) is 5.56 Å². The third-order valence-electron chi connectivity index (χ3n) is 2.60. The third kappa shape index (κ3) is 4.91. The molecule has 2 aromatic rings. The second-order valence-corrected chi connectivity index (χ2v) is 7.47. The molecular formula is C15H11BrN2O2S2. The van der Waals surface area contributed by atoms with E-state index >= 15 is 0 Å². The van der Waals surface area contributed by atoms with E-state index in [4.69, 9.17) is 5.26 Å². The average Bonchev–Trinajstić information content (AvgIpc) is 2.49. The molecule has 0 atom stereocenters. The first-order valence-corrected chi connectivity index (χ1v) is 9.27. The SMILES string of the molecule is N#CSc1ccc(NS(=O)(=O)/C=C/c2ccccc2)c(Br)c1. The first-order chi connectivity index (χ1) is 10.5. The first-order valence-electron chi connectivity index (χ1n) is 6.11. The number of thioether (sulfide) groups is 1. The molecule has 0 unspecified atom stereocenters. The van der Waals surface area contributed by atoms with Gasteiger partial charge in [0.2, 0.25) is 0 Å². The van der Waals surface area contributed by atoms with E-state index in [-0.39, 0.29) is 0 Å². The van der Waals surface area contributed by atoms with Crippen LogP contribution in [-0.4, -0.2) is 8.42 Å². The summed E-state index contributed by atoms with van der Waals surface area (Å²) in [5, 5.41) is 11.7. The van der Waals surface area contributed by atoms with E-state index in [0.717, 1.165) is 27.6 Å². The molecule has 22 heavy (non-hydrogen) atoms. The Bertz CT molecular complexity index is 828. The van der Waals surface area contributed by atoms with E-state index < -0.39 is 10.0 Å². The van der Waals surface area contributed by atoms with Crippen LogP contribution in [0.3, 0.4) is 0 Å². The predicted octanol–water partition coefficient (Wildman–Crippen LogP) is 4.43. The lowest BCUT2D eigenvalue weighted by Crippen LogP contribution is -2.09. The zero-order valence-corrected chi connectivity index (χ0v) is 14.5. The van der Waals surface area contributed by atoms with Gasteiger partial charge in [-0.1, -0.05) is 30.3 Å². The van der Waals surface area contributed by atoms with Gasteiger partial charge in [-0.25, -0.2) is 8.42 Å². The standard InChI is InChI=1S/C15H11BrN2O2S2/c16-14-10-13(21-11-17)6-7-15(14)18-22(19,20)9-8-12-4-2-1-3-5-12/h1-10,18H/b9-8+. The molecular weight excluding hydrogens is 384 g/mol. The molecule has 2 aromatic carbocycles. The number of thiocyanates is 1. The maximum Gasteiger partial charge on any atom is 0.255 e. The van der Waals surface area contributed by atoms with Crippen LogP contribution in [0.15, 0.2) is 63.3 Å². The van der Waals surface area contributed by atoms with Crippen LogP contribution >= 0.6 is 27.7 Å². The molecule has 0 aliphatic heterocycles. The molecule has 0 saturated heterocycles. The van der Waals surface area contributed by atoms with Crippen LogP contribution in [0, 0.1) is 10.7 Å². The van der Waals surface area contributed by atoms with Gasteiger partial charge in [0.05, 0.1) is 11.1 Å². The fourth-order valence-electron chi connectivity index (χ4n) is 1.61. The van der Waals surface area contributed by atoms with E-state index in [0.29, 0.717) is 10.2 Å². The van der Waals surface area contributed by atoms with Crippen molar-refractivity contribution < 1.29 is 8.42 Å². The molecule has 0 spiro atoms. The summed E-state index contributed by atoms with van der Waals surface area (Å²) in [6, 6.07) is 14.1. The Morgan fingerprint density at radius 1 is 1.18 bits per heavy atom. The lowest BCUT2D eigenvalue weighted by atomic mass is 10.2. The minimum absolute atomic E-state index is 0.417. The zero-order valence-electron chi connectivity index (χ0n) is 11.2. The van der Waals surface area contributed by atoms with Crippen molar-refractivity contribution in [3.8, 4) is 5.40 Å². The Morgan fingerprint density at radius 3 is 2.55 bits per heavy atom. The molecule has 0 aliphatic rings. The number of nitriles is 1. The molecule has 7 heteroatoms. The number of rotatable bonds is 5. The molecule has 1 N–H and O–H groups in total. The van der Waals surface area contributed by atoms with Crippen molar-refractivity contribution in [1.29, 1.82) is 5.26 Å². The van der Waals surface area contributed by atoms with Crippen LogP contribution in [0.5, 0.6) is 0 Å². The topological polar surface area (TPSA) is 70.0 Å². The summed E-state index contributed by atoms with van der Waals surface area (Å²) in [7, 11) is -3.61. The summed E-state index contributed by atoms with van der Waals surface area (Å²) < 4.78 is 27.2. The van der Waals surface area contributed by atoms with Gasteiger partial charge < -0.3 is 0 Å². The highest BCUT2D eigenvalue weighted by atomic mass is 79.9. The minimum atomic E-state index is -3.61. The highest BCUT2D eigenvalue weighted by Gasteiger charge is 2.09. The van der Waals surface area contributed by atoms with E-state index in [1.165, 1.54) is 6.08 Å². The fourth-order valence-corrected chi connectivity index (χ4v) is 3.68. The Labute approximate surface area is 142 Å². The van der Waals surface area contributed by atoms with Crippen LogP contribution in [0.2, 0.25) is 0 Å². The summed E-state index contributed by atoms with van der Waals surface area (Å²) in [5.41, 5.74) is 1.22. The molecule has 0 aromatic heterocycles. The van der Waals surface area contributed by atoms with E-state index in [1.54, 1.807) is 18.2 Å². The van der Waals surface area contributed by atoms with E-state index in [9.17, 15) is 8.42 Å². The van der Waals surface area contributed by atoms with Gasteiger partial charge in [0, 0.05) is 9.37 Å². The quantitative estimate of drug-likeness (QED) is 0.601. The van der Waals surface area contributed by atoms with Gasteiger partial charge in [-0.15, -0.1) is 0 Å². The summed E-state index contributed by atoms with van der Waals surface area (Å²) in [6.45, 7) is 0. The third-order valence-corrected chi connectivity index (χ3v) is 4.83. The maximum atomic E-state index is 12.1. The van der Waals surface area contributed by atoms with Gasteiger partial charge in [0.25, 0.3) is 10.0 Å². The molecule has 0 saturated carbocycles. The predicted molar refractivity (Wildman–Crippen MR) is 93.6 cm³/mol.